The molecule has 0 atom stereocenters. The van der Waals surface area contributed by atoms with E-state index >= 15 is 0 Å². The Hall–Kier alpha value is -1.62. The summed E-state index contributed by atoms with van der Waals surface area (Å²) in [5, 5.41) is 18.8. The minimum Gasteiger partial charge on any atom is -0.508 e. The van der Waals surface area contributed by atoms with Gasteiger partial charge in [0.25, 0.3) is 5.69 Å². The van der Waals surface area contributed by atoms with Gasteiger partial charge in [0.1, 0.15) is 5.75 Å². The topological polar surface area (TPSA) is 72.6 Å². The van der Waals surface area contributed by atoms with Crippen molar-refractivity contribution in [2.75, 3.05) is 13.2 Å². The molecule has 0 aromatic heterocycles. The summed E-state index contributed by atoms with van der Waals surface area (Å²) in [6.45, 7) is 6.53. The average Bonchev–Trinajstić information content (AvgIpc) is 2.72. The van der Waals surface area contributed by atoms with Crippen LogP contribution in [0.15, 0.2) is 24.3 Å². The summed E-state index contributed by atoms with van der Waals surface area (Å²) in [4.78, 5) is 9.52. The van der Waals surface area contributed by atoms with Crippen LogP contribution in [-0.2, 0) is 4.74 Å². The fourth-order valence-corrected chi connectivity index (χ4v) is 3.00. The Morgan fingerprint density at radius 3 is 1.48 bits per heavy atom. The number of rotatable bonds is 17. The molecular formula is C24H43NO4. The molecule has 0 aliphatic carbocycles. The quantitative estimate of drug-likeness (QED) is 0.162. The molecule has 1 aromatic rings. The number of ether oxygens (including phenoxy) is 1. The van der Waals surface area contributed by atoms with Gasteiger partial charge in [0.15, 0.2) is 0 Å². The largest absolute Gasteiger partial charge is 0.508 e. The van der Waals surface area contributed by atoms with Crippen LogP contribution in [-0.4, -0.2) is 23.2 Å². The van der Waals surface area contributed by atoms with Crippen molar-refractivity contribution in [1.82, 2.24) is 0 Å². The van der Waals surface area contributed by atoms with Crippen molar-refractivity contribution in [2.45, 2.75) is 104 Å². The van der Waals surface area contributed by atoms with Crippen LogP contribution in [0.3, 0.4) is 0 Å². The lowest BCUT2D eigenvalue weighted by Crippen LogP contribution is -1.97. The third kappa shape index (κ3) is 19.5. The van der Waals surface area contributed by atoms with Crippen molar-refractivity contribution < 1.29 is 14.8 Å². The van der Waals surface area contributed by atoms with E-state index in [1.165, 1.54) is 114 Å². The summed E-state index contributed by atoms with van der Waals surface area (Å²) in [5.74, 6) is 0.0330. The van der Waals surface area contributed by atoms with Gasteiger partial charge in [0.2, 0.25) is 0 Å². The molecule has 168 valence electrons. The van der Waals surface area contributed by atoms with Crippen molar-refractivity contribution >= 4 is 5.69 Å². The van der Waals surface area contributed by atoms with Crippen LogP contribution in [0.1, 0.15) is 104 Å². The Balaban J connectivity index is 0.000000651. The minimum absolute atomic E-state index is 0.0159. The maximum atomic E-state index is 10.0. The lowest BCUT2D eigenvalue weighted by Gasteiger charge is -2.04. The third-order valence-electron chi connectivity index (χ3n) is 4.84. The molecule has 0 heterocycles. The number of nitro groups is 1. The van der Waals surface area contributed by atoms with E-state index in [1.807, 2.05) is 0 Å². The van der Waals surface area contributed by atoms with Gasteiger partial charge >= 0.3 is 0 Å². The highest BCUT2D eigenvalue weighted by Gasteiger charge is 2.01. The Kier molecular flexibility index (Phi) is 19.9. The van der Waals surface area contributed by atoms with E-state index in [0.29, 0.717) is 0 Å². The van der Waals surface area contributed by atoms with E-state index in [-0.39, 0.29) is 11.4 Å². The zero-order valence-electron chi connectivity index (χ0n) is 18.7. The number of hydrogen-bond acceptors (Lipinski definition) is 4. The van der Waals surface area contributed by atoms with Crippen molar-refractivity contribution in [3.05, 3.63) is 34.4 Å². The zero-order valence-corrected chi connectivity index (χ0v) is 18.7. The number of non-ortho nitro benzene ring substituents is 1. The summed E-state index contributed by atoms with van der Waals surface area (Å²) in [6, 6.07) is 5.04. The van der Waals surface area contributed by atoms with Crippen LogP contribution in [0.5, 0.6) is 5.75 Å². The number of nitrogens with zero attached hydrogens (tertiary/aromatic N) is 1. The molecule has 5 heteroatoms. The number of phenols is 1. The third-order valence-corrected chi connectivity index (χ3v) is 4.84. The molecule has 0 saturated heterocycles. The molecule has 5 nitrogen and oxygen atoms in total. The second kappa shape index (κ2) is 21.1. The second-order valence-electron chi connectivity index (χ2n) is 7.63. The lowest BCUT2D eigenvalue weighted by atomic mass is 10.1. The smallest absolute Gasteiger partial charge is 0.269 e. The van der Waals surface area contributed by atoms with E-state index in [0.717, 1.165) is 13.2 Å². The molecule has 0 aliphatic heterocycles. The van der Waals surface area contributed by atoms with Crippen LogP contribution in [0, 0.1) is 10.1 Å². The molecule has 29 heavy (non-hydrogen) atoms. The first-order chi connectivity index (χ1) is 14.1. The fraction of sp³-hybridized carbons (Fsp3) is 0.750. The van der Waals surface area contributed by atoms with E-state index in [2.05, 4.69) is 13.8 Å². The molecule has 0 unspecified atom stereocenters. The Bertz CT molecular complexity index is 460. The Labute approximate surface area is 178 Å². The molecule has 1 aromatic carbocycles. The normalized spacial score (nSPS) is 10.4. The Morgan fingerprint density at radius 2 is 1.10 bits per heavy atom. The van der Waals surface area contributed by atoms with Crippen LogP contribution < -0.4 is 0 Å². The lowest BCUT2D eigenvalue weighted by molar-refractivity contribution is -0.384. The zero-order chi connectivity index (χ0) is 21.6. The average molecular weight is 410 g/mol. The van der Waals surface area contributed by atoms with Crippen molar-refractivity contribution in [2.24, 2.45) is 0 Å². The minimum atomic E-state index is -0.514. The first kappa shape index (κ1) is 27.4. The summed E-state index contributed by atoms with van der Waals surface area (Å²) in [5.41, 5.74) is -0.0159. The van der Waals surface area contributed by atoms with Gasteiger partial charge in [-0.15, -0.1) is 0 Å². The van der Waals surface area contributed by atoms with Gasteiger partial charge in [0.05, 0.1) is 4.92 Å². The van der Waals surface area contributed by atoms with Gasteiger partial charge in [-0.25, -0.2) is 0 Å². The van der Waals surface area contributed by atoms with Gasteiger partial charge in [-0.1, -0.05) is 90.9 Å². The summed E-state index contributed by atoms with van der Waals surface area (Å²) < 4.78 is 5.69. The number of unbranched alkanes of at least 4 members (excludes halogenated alkanes) is 12. The van der Waals surface area contributed by atoms with Gasteiger partial charge in [-0.05, 0) is 25.0 Å². The maximum Gasteiger partial charge on any atom is 0.269 e. The van der Waals surface area contributed by atoms with Crippen molar-refractivity contribution in [1.29, 1.82) is 0 Å². The number of aromatic hydroxyl groups is 1. The molecule has 0 fully saturated rings. The highest BCUT2D eigenvalue weighted by atomic mass is 16.6. The van der Waals surface area contributed by atoms with E-state index in [9.17, 15) is 10.1 Å². The molecule has 0 amide bonds. The number of phenolic OH excluding ortho intramolecular Hbond substituents is 1. The summed E-state index contributed by atoms with van der Waals surface area (Å²) in [6.07, 6.45) is 19.3. The molecule has 0 saturated carbocycles. The van der Waals surface area contributed by atoms with Crippen molar-refractivity contribution in [3.8, 4) is 5.75 Å². The predicted octanol–water partition coefficient (Wildman–Crippen LogP) is 7.80. The molecular weight excluding hydrogens is 366 g/mol. The van der Waals surface area contributed by atoms with Crippen LogP contribution in [0.2, 0.25) is 0 Å². The standard InChI is InChI=1S/C18H38O.C6H5NO3/c1-3-5-7-9-11-13-15-17-19-18-16-14-12-10-8-6-4-2;8-6-3-1-5(2-4-6)7(9)10/h3-18H2,1-2H3;1-4,8H. The van der Waals surface area contributed by atoms with Crippen LogP contribution >= 0.6 is 0 Å². The van der Waals surface area contributed by atoms with Gasteiger partial charge < -0.3 is 9.84 Å². The second-order valence-corrected chi connectivity index (χ2v) is 7.63. The van der Waals surface area contributed by atoms with E-state index in [1.54, 1.807) is 0 Å². The van der Waals surface area contributed by atoms with Crippen LogP contribution in [0.25, 0.3) is 0 Å². The van der Waals surface area contributed by atoms with E-state index < -0.39 is 4.92 Å². The SMILES string of the molecule is CCCCCCCCCOCCCCCCCCC.O=[N+]([O-])c1ccc(O)cc1. The summed E-state index contributed by atoms with van der Waals surface area (Å²) in [7, 11) is 0. The molecule has 1 rings (SSSR count). The van der Waals surface area contributed by atoms with Crippen molar-refractivity contribution in [3.63, 3.8) is 0 Å². The first-order valence-corrected chi connectivity index (χ1v) is 11.6. The first-order valence-electron chi connectivity index (χ1n) is 11.6. The number of benzene rings is 1. The van der Waals surface area contributed by atoms with Crippen LogP contribution in [0.4, 0.5) is 5.69 Å². The molecule has 0 bridgehead atoms. The highest BCUT2D eigenvalue weighted by Crippen LogP contribution is 2.15. The maximum absolute atomic E-state index is 10.0. The summed E-state index contributed by atoms with van der Waals surface area (Å²) >= 11 is 0. The molecule has 0 radical (unpaired) electrons. The predicted molar refractivity (Wildman–Crippen MR) is 122 cm³/mol. The number of nitro benzene ring substituents is 1. The fourth-order valence-electron chi connectivity index (χ4n) is 3.00. The Morgan fingerprint density at radius 1 is 0.724 bits per heavy atom. The molecule has 0 spiro atoms. The number of hydrogen-bond donors (Lipinski definition) is 1. The van der Waals surface area contributed by atoms with Gasteiger partial charge in [0, 0.05) is 25.3 Å². The monoisotopic (exact) mass is 409 g/mol. The molecule has 1 N–H and O–H groups in total. The van der Waals surface area contributed by atoms with Gasteiger partial charge in [-0.2, -0.15) is 0 Å². The highest BCUT2D eigenvalue weighted by molar-refractivity contribution is 5.34. The van der Waals surface area contributed by atoms with E-state index in [4.69, 9.17) is 9.84 Å². The van der Waals surface area contributed by atoms with Gasteiger partial charge in [-0.3, -0.25) is 10.1 Å². The molecule has 0 aliphatic rings.